The molecule has 0 bridgehead atoms. The van der Waals surface area contributed by atoms with Crippen molar-refractivity contribution in [3.05, 3.63) is 60.2 Å². The van der Waals surface area contributed by atoms with Crippen molar-refractivity contribution in [2.45, 2.75) is 90.1 Å². The van der Waals surface area contributed by atoms with Crippen LogP contribution in [0.5, 0.6) is 0 Å². The third kappa shape index (κ3) is 7.22. The SMILES string of the molecule is CC1CCN(c2ccc(N)c(NC3CCC3)n2)CC1.CC1CCN(c2ccc3nc(NC(=O)c4ccccc4)n(C4CCC4)c3n2)CC1. The van der Waals surface area contributed by atoms with Gasteiger partial charge in [-0.2, -0.15) is 0 Å². The topological polar surface area (TPSA) is 117 Å². The molecule has 0 atom stereocenters. The molecule has 2 saturated heterocycles. The van der Waals surface area contributed by atoms with Crippen LogP contribution in [-0.4, -0.2) is 57.6 Å². The maximum atomic E-state index is 12.7. The van der Waals surface area contributed by atoms with Gasteiger partial charge in [-0.25, -0.2) is 15.0 Å². The standard InChI is InChI=1S/C23H27N5O.C15H24N4/c1-16-12-14-27(15-13-16)20-11-10-19-21(25-20)28(18-8-5-9-18)23(24-19)26-22(29)17-6-3-2-4-7-17;1-11-7-9-19(10-8-11)14-6-5-13(16)15(18-14)17-12-3-2-4-12/h2-4,6-7,10-11,16,18H,5,8-9,12-15H2,1H3,(H,24,26,29);5-6,11-12H,2-4,7-10,16H2,1H3,(H,17,18). The van der Waals surface area contributed by atoms with Crippen molar-refractivity contribution in [2.75, 3.05) is 52.3 Å². The first-order valence-electron chi connectivity index (χ1n) is 18.2. The normalized spacial score (nSPS) is 19.3. The van der Waals surface area contributed by atoms with Crippen molar-refractivity contribution in [3.8, 4) is 0 Å². The summed E-state index contributed by atoms with van der Waals surface area (Å²) in [6, 6.07) is 18.4. The van der Waals surface area contributed by atoms with Gasteiger partial charge in [-0.1, -0.05) is 32.0 Å². The number of carbonyl (C=O) groups excluding carboxylic acids is 1. The van der Waals surface area contributed by atoms with Gasteiger partial charge < -0.3 is 20.9 Å². The molecular formula is C38H51N9O. The van der Waals surface area contributed by atoms with Crippen LogP contribution >= 0.6 is 0 Å². The second kappa shape index (κ2) is 14.4. The summed E-state index contributed by atoms with van der Waals surface area (Å²) in [6.07, 6.45) is 12.2. The molecule has 3 aromatic heterocycles. The summed E-state index contributed by atoms with van der Waals surface area (Å²) in [6.45, 7) is 8.98. The van der Waals surface area contributed by atoms with Gasteiger partial charge in [-0.15, -0.1) is 0 Å². The van der Waals surface area contributed by atoms with E-state index < -0.39 is 0 Å². The molecule has 0 unspecified atom stereocenters. The molecule has 254 valence electrons. The van der Waals surface area contributed by atoms with Crippen LogP contribution in [0.4, 0.5) is 29.1 Å². The predicted octanol–water partition coefficient (Wildman–Crippen LogP) is 7.51. The number of anilines is 5. The minimum atomic E-state index is -0.133. The predicted molar refractivity (Wildman–Crippen MR) is 196 cm³/mol. The lowest BCUT2D eigenvalue weighted by Gasteiger charge is -2.32. The zero-order valence-corrected chi connectivity index (χ0v) is 28.6. The fraction of sp³-hybridized carbons (Fsp3) is 0.526. The van der Waals surface area contributed by atoms with Gasteiger partial charge in [0.25, 0.3) is 5.91 Å². The van der Waals surface area contributed by atoms with Crippen LogP contribution in [0.1, 0.15) is 94.5 Å². The minimum absolute atomic E-state index is 0.133. The van der Waals surface area contributed by atoms with Gasteiger partial charge in [0.05, 0.1) is 5.69 Å². The molecular weight excluding hydrogens is 598 g/mol. The molecule has 4 aromatic rings. The molecule has 2 aliphatic carbocycles. The molecule has 0 radical (unpaired) electrons. The van der Waals surface area contributed by atoms with Gasteiger partial charge in [0, 0.05) is 43.8 Å². The Kier molecular flexibility index (Phi) is 9.68. The molecule has 5 heterocycles. The second-order valence-electron chi connectivity index (χ2n) is 14.4. The van der Waals surface area contributed by atoms with Crippen molar-refractivity contribution in [2.24, 2.45) is 11.8 Å². The van der Waals surface area contributed by atoms with E-state index in [0.29, 0.717) is 23.6 Å². The van der Waals surface area contributed by atoms with E-state index in [2.05, 4.69) is 51.0 Å². The van der Waals surface area contributed by atoms with E-state index in [1.807, 2.05) is 42.5 Å². The summed E-state index contributed by atoms with van der Waals surface area (Å²) >= 11 is 0. The maximum absolute atomic E-state index is 12.7. The van der Waals surface area contributed by atoms with Crippen LogP contribution in [0.25, 0.3) is 11.2 Å². The molecule has 4 fully saturated rings. The summed E-state index contributed by atoms with van der Waals surface area (Å²) in [7, 11) is 0. The number of pyridine rings is 2. The fourth-order valence-corrected chi connectivity index (χ4v) is 6.95. The van der Waals surface area contributed by atoms with Crippen molar-refractivity contribution < 1.29 is 4.79 Å². The minimum Gasteiger partial charge on any atom is -0.396 e. The van der Waals surface area contributed by atoms with Gasteiger partial charge in [0.15, 0.2) is 11.5 Å². The Balaban J connectivity index is 0.000000166. The Morgan fingerprint density at radius 3 is 1.92 bits per heavy atom. The molecule has 4 N–H and O–H groups in total. The number of nitrogen functional groups attached to an aromatic ring is 1. The van der Waals surface area contributed by atoms with Crippen LogP contribution in [0.3, 0.4) is 0 Å². The number of imidazole rings is 1. The Morgan fingerprint density at radius 2 is 1.33 bits per heavy atom. The highest BCUT2D eigenvalue weighted by Gasteiger charge is 2.28. The lowest BCUT2D eigenvalue weighted by atomic mass is 9.93. The number of amides is 1. The number of benzene rings is 1. The molecule has 48 heavy (non-hydrogen) atoms. The summed E-state index contributed by atoms with van der Waals surface area (Å²) < 4.78 is 2.15. The summed E-state index contributed by atoms with van der Waals surface area (Å²) in [4.78, 5) is 31.9. The fourth-order valence-electron chi connectivity index (χ4n) is 6.95. The van der Waals surface area contributed by atoms with Gasteiger partial charge in [0.1, 0.15) is 17.2 Å². The number of nitrogens with one attached hydrogen (secondary N) is 2. The molecule has 0 spiro atoms. The van der Waals surface area contributed by atoms with E-state index >= 15 is 0 Å². The van der Waals surface area contributed by atoms with Crippen LogP contribution in [-0.2, 0) is 0 Å². The van der Waals surface area contributed by atoms with Crippen LogP contribution < -0.4 is 26.2 Å². The van der Waals surface area contributed by atoms with E-state index in [4.69, 9.17) is 20.7 Å². The van der Waals surface area contributed by atoms with Gasteiger partial charge >= 0.3 is 0 Å². The Bertz CT molecular complexity index is 1680. The molecule has 1 amide bonds. The average Bonchev–Trinajstić information content (AvgIpc) is 3.40. The largest absolute Gasteiger partial charge is 0.396 e. The summed E-state index contributed by atoms with van der Waals surface area (Å²) in [5.74, 6) is 5.07. The molecule has 10 heteroatoms. The molecule has 2 saturated carbocycles. The Morgan fingerprint density at radius 1 is 0.729 bits per heavy atom. The van der Waals surface area contributed by atoms with Crippen molar-refractivity contribution >= 4 is 46.2 Å². The van der Waals surface area contributed by atoms with Crippen LogP contribution in [0.2, 0.25) is 0 Å². The molecule has 2 aliphatic heterocycles. The number of piperidine rings is 2. The van der Waals surface area contributed by atoms with Gasteiger partial charge in [-0.05, 0) is 112 Å². The van der Waals surface area contributed by atoms with Crippen LogP contribution in [0, 0.1) is 11.8 Å². The second-order valence-corrected chi connectivity index (χ2v) is 14.4. The lowest BCUT2D eigenvalue weighted by Crippen LogP contribution is -2.34. The summed E-state index contributed by atoms with van der Waals surface area (Å²) in [5.41, 5.74) is 9.15. The van der Waals surface area contributed by atoms with E-state index in [-0.39, 0.29) is 5.91 Å². The number of rotatable bonds is 7. The number of nitrogens with zero attached hydrogens (tertiary/aromatic N) is 6. The number of hydrogen-bond acceptors (Lipinski definition) is 8. The quantitative estimate of drug-likeness (QED) is 0.188. The highest BCUT2D eigenvalue weighted by Crippen LogP contribution is 2.37. The highest BCUT2D eigenvalue weighted by atomic mass is 16.1. The monoisotopic (exact) mass is 649 g/mol. The third-order valence-corrected chi connectivity index (χ3v) is 10.8. The number of aromatic nitrogens is 4. The van der Waals surface area contributed by atoms with Crippen LogP contribution in [0.15, 0.2) is 54.6 Å². The van der Waals surface area contributed by atoms with Crippen molar-refractivity contribution in [1.29, 1.82) is 0 Å². The smallest absolute Gasteiger partial charge is 0.257 e. The first-order chi connectivity index (χ1) is 23.4. The summed E-state index contributed by atoms with van der Waals surface area (Å²) in [5, 5.41) is 6.50. The zero-order chi connectivity index (χ0) is 33.0. The highest BCUT2D eigenvalue weighted by molar-refractivity contribution is 6.04. The van der Waals surface area contributed by atoms with Gasteiger partial charge in [-0.3, -0.25) is 14.7 Å². The van der Waals surface area contributed by atoms with E-state index in [1.165, 1.54) is 51.4 Å². The maximum Gasteiger partial charge on any atom is 0.257 e. The van der Waals surface area contributed by atoms with E-state index in [1.54, 1.807) is 0 Å². The Hall–Kier alpha value is -4.34. The average molecular weight is 650 g/mol. The third-order valence-electron chi connectivity index (χ3n) is 10.8. The number of fused-ring (bicyclic) bond motifs is 1. The number of carbonyl (C=O) groups is 1. The van der Waals surface area contributed by atoms with E-state index in [0.717, 1.165) is 85.2 Å². The van der Waals surface area contributed by atoms with E-state index in [9.17, 15) is 4.79 Å². The number of hydrogen-bond donors (Lipinski definition) is 3. The molecule has 8 rings (SSSR count). The first-order valence-corrected chi connectivity index (χ1v) is 18.2. The van der Waals surface area contributed by atoms with Gasteiger partial charge in [0.2, 0.25) is 5.95 Å². The first kappa shape index (κ1) is 32.2. The van der Waals surface area contributed by atoms with Crippen molar-refractivity contribution in [3.63, 3.8) is 0 Å². The number of nitrogens with two attached hydrogens (primary N) is 1. The van der Waals surface area contributed by atoms with Crippen molar-refractivity contribution in [1.82, 2.24) is 19.5 Å². The lowest BCUT2D eigenvalue weighted by molar-refractivity contribution is 0.102. The zero-order valence-electron chi connectivity index (χ0n) is 28.6. The Labute approximate surface area is 284 Å². The molecule has 4 aliphatic rings. The molecule has 1 aromatic carbocycles. The molecule has 10 nitrogen and oxygen atoms in total.